The number of aromatic nitrogens is 1. The lowest BCUT2D eigenvalue weighted by Gasteiger charge is -2.12. The zero-order chi connectivity index (χ0) is 16.8. The lowest BCUT2D eigenvalue weighted by Crippen LogP contribution is -2.30. The van der Waals surface area contributed by atoms with Gasteiger partial charge in [0.25, 0.3) is 11.8 Å². The molecule has 118 valence electrons. The van der Waals surface area contributed by atoms with Crippen molar-refractivity contribution in [3.05, 3.63) is 73.5 Å². The molecule has 6 nitrogen and oxygen atoms in total. The molecule has 0 radical (unpaired) electrons. The van der Waals surface area contributed by atoms with E-state index in [4.69, 9.17) is 4.42 Å². The number of hydrogen-bond donors (Lipinski definition) is 0. The third-order valence-corrected chi connectivity index (χ3v) is 4.48. The van der Waals surface area contributed by atoms with Crippen LogP contribution < -0.4 is 5.63 Å². The van der Waals surface area contributed by atoms with Gasteiger partial charge in [0, 0.05) is 3.57 Å². The van der Waals surface area contributed by atoms with Gasteiger partial charge in [-0.25, -0.2) is 9.78 Å². The van der Waals surface area contributed by atoms with Crippen LogP contribution in [0.5, 0.6) is 0 Å². The molecule has 1 aliphatic heterocycles. The summed E-state index contributed by atoms with van der Waals surface area (Å²) < 4.78 is 6.08. The fourth-order valence-corrected chi connectivity index (χ4v) is 3.17. The van der Waals surface area contributed by atoms with Crippen molar-refractivity contribution < 1.29 is 14.0 Å². The van der Waals surface area contributed by atoms with Crippen molar-refractivity contribution in [2.45, 2.75) is 6.54 Å². The molecular formula is C17H9IN2O4. The van der Waals surface area contributed by atoms with Gasteiger partial charge in [-0.05, 0) is 52.9 Å². The molecule has 1 aromatic heterocycles. The Morgan fingerprint density at radius 3 is 2.33 bits per heavy atom. The van der Waals surface area contributed by atoms with Crippen LogP contribution in [-0.4, -0.2) is 21.7 Å². The van der Waals surface area contributed by atoms with Gasteiger partial charge < -0.3 is 4.42 Å². The van der Waals surface area contributed by atoms with Crippen molar-refractivity contribution in [2.24, 2.45) is 0 Å². The average Bonchev–Trinajstić information content (AvgIpc) is 2.81. The third kappa shape index (κ3) is 2.32. The Labute approximate surface area is 149 Å². The fraction of sp³-hybridized carbons (Fsp3) is 0.0588. The first-order valence-electron chi connectivity index (χ1n) is 7.09. The molecule has 3 aromatic rings. The summed E-state index contributed by atoms with van der Waals surface area (Å²) in [6.45, 7) is -0.177. The van der Waals surface area contributed by atoms with E-state index in [2.05, 4.69) is 27.6 Å². The summed E-state index contributed by atoms with van der Waals surface area (Å²) in [4.78, 5) is 42.1. The molecule has 0 saturated carbocycles. The van der Waals surface area contributed by atoms with E-state index in [1.165, 1.54) is 0 Å². The van der Waals surface area contributed by atoms with Crippen molar-refractivity contribution >= 4 is 45.3 Å². The Kier molecular flexibility index (Phi) is 3.45. The highest BCUT2D eigenvalue weighted by Gasteiger charge is 2.35. The van der Waals surface area contributed by atoms with Crippen LogP contribution in [0.4, 0.5) is 0 Å². The minimum atomic E-state index is -0.537. The molecule has 0 saturated heterocycles. The second-order valence-electron chi connectivity index (χ2n) is 5.30. The van der Waals surface area contributed by atoms with Crippen LogP contribution in [-0.2, 0) is 6.54 Å². The van der Waals surface area contributed by atoms with E-state index in [9.17, 15) is 14.4 Å². The predicted octanol–water partition coefficient (Wildman–Crippen LogP) is 2.59. The van der Waals surface area contributed by atoms with E-state index in [1.807, 2.05) is 6.07 Å². The molecule has 0 atom stereocenters. The van der Waals surface area contributed by atoms with Crippen LogP contribution in [0.15, 0.2) is 51.7 Å². The number of halogens is 1. The zero-order valence-electron chi connectivity index (χ0n) is 12.2. The molecule has 0 fully saturated rings. The SMILES string of the molecule is O=C1c2ccccc2C(=O)N1Cc1nc2ccc(I)cc2c(=O)o1. The van der Waals surface area contributed by atoms with Crippen molar-refractivity contribution in [1.82, 2.24) is 9.88 Å². The number of hydrogen-bond acceptors (Lipinski definition) is 5. The number of nitrogens with zero attached hydrogens (tertiary/aromatic N) is 2. The van der Waals surface area contributed by atoms with Gasteiger partial charge in [0.2, 0.25) is 5.89 Å². The molecule has 1 aliphatic rings. The molecule has 24 heavy (non-hydrogen) atoms. The number of rotatable bonds is 2. The molecular weight excluding hydrogens is 423 g/mol. The van der Waals surface area contributed by atoms with Crippen molar-refractivity contribution in [1.29, 1.82) is 0 Å². The summed E-state index contributed by atoms with van der Waals surface area (Å²) in [5.41, 5.74) is 0.628. The molecule has 2 aromatic carbocycles. The van der Waals surface area contributed by atoms with Gasteiger partial charge in [-0.1, -0.05) is 12.1 Å². The van der Waals surface area contributed by atoms with Crippen LogP contribution in [0, 0.1) is 3.57 Å². The van der Waals surface area contributed by atoms with Crippen LogP contribution in [0.25, 0.3) is 10.9 Å². The predicted molar refractivity (Wildman–Crippen MR) is 93.6 cm³/mol. The van der Waals surface area contributed by atoms with E-state index in [1.54, 1.807) is 36.4 Å². The van der Waals surface area contributed by atoms with E-state index in [0.717, 1.165) is 8.47 Å². The smallest absolute Gasteiger partial charge is 0.346 e. The minimum Gasteiger partial charge on any atom is -0.406 e. The standard InChI is InChI=1S/C17H9IN2O4/c18-9-5-6-13-12(7-9)17(23)24-14(19-13)8-20-15(21)10-3-1-2-4-11(10)16(20)22/h1-7H,8H2. The summed E-state index contributed by atoms with van der Waals surface area (Å²) in [6, 6.07) is 11.8. The normalized spacial score (nSPS) is 13.6. The first-order valence-corrected chi connectivity index (χ1v) is 8.17. The first-order chi connectivity index (χ1) is 11.5. The Morgan fingerprint density at radius 2 is 1.67 bits per heavy atom. The Hall–Kier alpha value is -2.55. The van der Waals surface area contributed by atoms with Crippen LogP contribution in [0.3, 0.4) is 0 Å². The van der Waals surface area contributed by atoms with Crippen LogP contribution >= 0.6 is 22.6 Å². The summed E-state index contributed by atoms with van der Waals surface area (Å²) in [5, 5.41) is 0.369. The fourth-order valence-electron chi connectivity index (χ4n) is 2.67. The average molecular weight is 432 g/mol. The molecule has 0 bridgehead atoms. The summed E-state index contributed by atoms with van der Waals surface area (Å²) in [5.74, 6) is -0.797. The molecule has 0 unspecified atom stereocenters. The maximum Gasteiger partial charge on any atom is 0.346 e. The second-order valence-corrected chi connectivity index (χ2v) is 6.54. The van der Waals surface area contributed by atoms with E-state index in [-0.39, 0.29) is 12.4 Å². The molecule has 0 aliphatic carbocycles. The third-order valence-electron chi connectivity index (χ3n) is 3.81. The van der Waals surface area contributed by atoms with Gasteiger partial charge in [-0.15, -0.1) is 0 Å². The van der Waals surface area contributed by atoms with E-state index < -0.39 is 17.4 Å². The quantitative estimate of drug-likeness (QED) is 0.460. The van der Waals surface area contributed by atoms with Crippen LogP contribution in [0.2, 0.25) is 0 Å². The maximum atomic E-state index is 12.4. The maximum absolute atomic E-state index is 12.4. The molecule has 0 N–H and O–H groups in total. The van der Waals surface area contributed by atoms with Gasteiger partial charge >= 0.3 is 5.63 Å². The first kappa shape index (κ1) is 15.0. The van der Waals surface area contributed by atoms with Gasteiger partial charge in [0.1, 0.15) is 6.54 Å². The number of fused-ring (bicyclic) bond motifs is 2. The number of carbonyl (C=O) groups excluding carboxylic acids is 2. The highest BCUT2D eigenvalue weighted by atomic mass is 127. The van der Waals surface area contributed by atoms with Crippen molar-refractivity contribution in [2.75, 3.05) is 0 Å². The number of carbonyl (C=O) groups is 2. The molecule has 4 rings (SSSR count). The number of benzene rings is 2. The van der Waals surface area contributed by atoms with Crippen molar-refractivity contribution in [3.8, 4) is 0 Å². The van der Waals surface area contributed by atoms with Gasteiger partial charge in [0.15, 0.2) is 0 Å². The van der Waals surface area contributed by atoms with Gasteiger partial charge in [0.05, 0.1) is 22.0 Å². The zero-order valence-corrected chi connectivity index (χ0v) is 14.3. The highest BCUT2D eigenvalue weighted by molar-refractivity contribution is 14.1. The topological polar surface area (TPSA) is 80.5 Å². The largest absolute Gasteiger partial charge is 0.406 e. The van der Waals surface area contributed by atoms with E-state index >= 15 is 0 Å². The minimum absolute atomic E-state index is 0.0308. The number of imide groups is 1. The summed E-state index contributed by atoms with van der Waals surface area (Å²) in [6.07, 6.45) is 0. The second kappa shape index (κ2) is 5.52. The molecule has 2 amide bonds. The number of amides is 2. The molecule has 2 heterocycles. The monoisotopic (exact) mass is 432 g/mol. The Morgan fingerprint density at radius 1 is 1.00 bits per heavy atom. The summed E-state index contributed by atoms with van der Waals surface area (Å²) >= 11 is 2.09. The van der Waals surface area contributed by atoms with Crippen LogP contribution in [0.1, 0.15) is 26.6 Å². The van der Waals surface area contributed by atoms with Gasteiger partial charge in [-0.2, -0.15) is 0 Å². The summed E-state index contributed by atoms with van der Waals surface area (Å²) in [7, 11) is 0. The van der Waals surface area contributed by atoms with E-state index in [0.29, 0.717) is 22.0 Å². The Bertz CT molecular complexity index is 1040. The Balaban J connectivity index is 1.73. The lowest BCUT2D eigenvalue weighted by atomic mass is 10.1. The molecule has 0 spiro atoms. The highest BCUT2D eigenvalue weighted by Crippen LogP contribution is 2.24. The molecule has 7 heteroatoms. The van der Waals surface area contributed by atoms with Gasteiger partial charge in [-0.3, -0.25) is 14.5 Å². The lowest BCUT2D eigenvalue weighted by molar-refractivity contribution is 0.0626. The van der Waals surface area contributed by atoms with Crippen molar-refractivity contribution in [3.63, 3.8) is 0 Å².